The Morgan fingerprint density at radius 1 is 1.25 bits per heavy atom. The second-order valence-corrected chi connectivity index (χ2v) is 9.03. The van der Waals surface area contributed by atoms with Crippen LogP contribution in [0, 0.1) is 13.8 Å². The average molecular weight is 473 g/mol. The molecule has 32 heavy (non-hydrogen) atoms. The molecule has 0 aliphatic rings. The van der Waals surface area contributed by atoms with Crippen molar-refractivity contribution in [2.75, 3.05) is 18.2 Å². The van der Waals surface area contributed by atoms with Crippen LogP contribution in [0.3, 0.4) is 0 Å². The second-order valence-electron chi connectivity index (χ2n) is 6.83. The zero-order valence-electron chi connectivity index (χ0n) is 18.1. The van der Waals surface area contributed by atoms with Gasteiger partial charge in [-0.1, -0.05) is 35.5 Å². The van der Waals surface area contributed by atoms with Crippen molar-refractivity contribution in [3.8, 4) is 5.75 Å². The molecule has 2 aromatic heterocycles. The molecule has 0 bridgehead atoms. The van der Waals surface area contributed by atoms with Gasteiger partial charge < -0.3 is 14.8 Å². The number of hydrogen-bond donors (Lipinski definition) is 1. The molecule has 0 aliphatic heterocycles. The maximum atomic E-state index is 12.5. The highest BCUT2D eigenvalue weighted by molar-refractivity contribution is 7.99. The minimum atomic E-state index is -0.485. The van der Waals surface area contributed by atoms with Crippen molar-refractivity contribution >= 4 is 40.0 Å². The maximum Gasteiger partial charge on any atom is 0.340 e. The molecule has 0 fully saturated rings. The molecule has 8 nitrogen and oxygen atoms in total. The molecule has 0 aliphatic carbocycles. The van der Waals surface area contributed by atoms with Crippen LogP contribution in [0.2, 0.25) is 0 Å². The van der Waals surface area contributed by atoms with Crippen molar-refractivity contribution in [1.82, 2.24) is 14.8 Å². The summed E-state index contributed by atoms with van der Waals surface area (Å²) in [6.07, 6.45) is 1.74. The lowest BCUT2D eigenvalue weighted by Crippen LogP contribution is -2.16. The first kappa shape index (κ1) is 23.6. The summed E-state index contributed by atoms with van der Waals surface area (Å²) in [4.78, 5) is 25.3. The number of allylic oxidation sites excluding steroid dienone is 1. The molecule has 3 aromatic rings. The highest BCUT2D eigenvalue weighted by Gasteiger charge is 2.19. The van der Waals surface area contributed by atoms with Gasteiger partial charge in [0.15, 0.2) is 11.0 Å². The summed E-state index contributed by atoms with van der Waals surface area (Å²) in [6.45, 7) is 8.39. The third-order valence-corrected chi connectivity index (χ3v) is 6.27. The highest BCUT2D eigenvalue weighted by Crippen LogP contribution is 2.28. The van der Waals surface area contributed by atoms with Crippen molar-refractivity contribution < 1.29 is 19.1 Å². The second kappa shape index (κ2) is 11.0. The van der Waals surface area contributed by atoms with E-state index < -0.39 is 5.97 Å². The zero-order valence-corrected chi connectivity index (χ0v) is 19.7. The Bertz CT molecular complexity index is 1110. The third kappa shape index (κ3) is 5.98. The number of aryl methyl sites for hydroxylation is 2. The molecule has 1 amide bonds. The van der Waals surface area contributed by atoms with Gasteiger partial charge in [0.05, 0.1) is 18.4 Å². The van der Waals surface area contributed by atoms with Gasteiger partial charge in [-0.15, -0.1) is 28.1 Å². The zero-order chi connectivity index (χ0) is 23.1. The number of amides is 1. The average Bonchev–Trinajstić information content (AvgIpc) is 3.34. The van der Waals surface area contributed by atoms with Gasteiger partial charge in [-0.05, 0) is 32.0 Å². The van der Waals surface area contributed by atoms with Crippen LogP contribution in [0.25, 0.3) is 0 Å². The molecule has 0 saturated carbocycles. The monoisotopic (exact) mass is 472 g/mol. The lowest BCUT2D eigenvalue weighted by molar-refractivity contribution is -0.113. The molecule has 0 atom stereocenters. The van der Waals surface area contributed by atoms with E-state index in [1.54, 1.807) is 12.1 Å². The summed E-state index contributed by atoms with van der Waals surface area (Å²) >= 11 is 2.57. The van der Waals surface area contributed by atoms with Gasteiger partial charge in [-0.2, -0.15) is 0 Å². The number of rotatable bonds is 10. The number of aromatic nitrogens is 3. The minimum absolute atomic E-state index is 0.103. The number of benzene rings is 1. The number of carbonyl (C=O) groups excluding carboxylic acids is 2. The minimum Gasteiger partial charge on any atom is -0.486 e. The molecule has 1 aromatic carbocycles. The van der Waals surface area contributed by atoms with E-state index in [0.717, 1.165) is 16.2 Å². The van der Waals surface area contributed by atoms with Gasteiger partial charge in [0.25, 0.3) is 0 Å². The van der Waals surface area contributed by atoms with E-state index >= 15 is 0 Å². The van der Waals surface area contributed by atoms with E-state index in [0.29, 0.717) is 28.1 Å². The number of anilines is 1. The number of methoxy groups -OCH3 is 1. The molecule has 1 N–H and O–H groups in total. The van der Waals surface area contributed by atoms with Crippen molar-refractivity contribution in [2.24, 2.45) is 0 Å². The van der Waals surface area contributed by atoms with Gasteiger partial charge >= 0.3 is 5.97 Å². The Kier molecular flexibility index (Phi) is 8.07. The predicted molar refractivity (Wildman–Crippen MR) is 125 cm³/mol. The van der Waals surface area contributed by atoms with Crippen LogP contribution in [0.5, 0.6) is 5.75 Å². The maximum absolute atomic E-state index is 12.5. The largest absolute Gasteiger partial charge is 0.486 e. The molecule has 168 valence electrons. The Hall–Kier alpha value is -3.11. The molecule has 10 heteroatoms. The fraction of sp³-hybridized carbons (Fsp3) is 0.273. The summed E-state index contributed by atoms with van der Waals surface area (Å²) in [6, 6.07) is 9.45. The van der Waals surface area contributed by atoms with Crippen LogP contribution < -0.4 is 10.1 Å². The number of nitrogens with one attached hydrogen (secondary N) is 1. The van der Waals surface area contributed by atoms with Crippen LogP contribution in [0.4, 0.5) is 5.00 Å². The third-order valence-electron chi connectivity index (χ3n) is 4.34. The number of thioether (sulfide) groups is 1. The number of carbonyl (C=O) groups is 2. The molecular weight excluding hydrogens is 448 g/mol. The molecule has 3 rings (SSSR count). The SMILES string of the molecule is C=CCn1c(COc2ccc(C)cc2)nnc1SCC(=O)Nc1sc(C)cc1C(=O)OC. The lowest BCUT2D eigenvalue weighted by Gasteiger charge is -2.09. The Morgan fingerprint density at radius 3 is 2.69 bits per heavy atom. The fourth-order valence-electron chi connectivity index (χ4n) is 2.79. The summed E-state index contributed by atoms with van der Waals surface area (Å²) < 4.78 is 12.4. The van der Waals surface area contributed by atoms with Gasteiger partial charge in [0.1, 0.15) is 17.4 Å². The van der Waals surface area contributed by atoms with E-state index in [1.165, 1.54) is 30.2 Å². The van der Waals surface area contributed by atoms with E-state index in [4.69, 9.17) is 9.47 Å². The van der Waals surface area contributed by atoms with Crippen molar-refractivity contribution in [2.45, 2.75) is 32.2 Å². The molecule has 0 unspecified atom stereocenters. The number of thiophene rings is 1. The normalized spacial score (nSPS) is 10.6. The van der Waals surface area contributed by atoms with Crippen LogP contribution >= 0.6 is 23.1 Å². The number of hydrogen-bond acceptors (Lipinski definition) is 8. The van der Waals surface area contributed by atoms with Crippen molar-refractivity contribution in [3.63, 3.8) is 0 Å². The number of nitrogens with zero attached hydrogens (tertiary/aromatic N) is 3. The van der Waals surface area contributed by atoms with E-state index in [-0.39, 0.29) is 18.3 Å². The number of ether oxygens (including phenoxy) is 2. The lowest BCUT2D eigenvalue weighted by atomic mass is 10.2. The fourth-order valence-corrected chi connectivity index (χ4v) is 4.47. The van der Waals surface area contributed by atoms with Gasteiger partial charge in [-0.3, -0.25) is 9.36 Å². The van der Waals surface area contributed by atoms with Gasteiger partial charge in [0.2, 0.25) is 5.91 Å². The molecule has 2 heterocycles. The van der Waals surface area contributed by atoms with Crippen LogP contribution in [-0.2, 0) is 22.7 Å². The van der Waals surface area contributed by atoms with Crippen LogP contribution in [0.1, 0.15) is 26.6 Å². The predicted octanol–water partition coefficient (Wildman–Crippen LogP) is 4.24. The summed E-state index contributed by atoms with van der Waals surface area (Å²) in [7, 11) is 1.31. The Balaban J connectivity index is 1.63. The van der Waals surface area contributed by atoms with Crippen LogP contribution in [0.15, 0.2) is 48.1 Å². The summed E-state index contributed by atoms with van der Waals surface area (Å²) in [5.41, 5.74) is 1.50. The molecule has 0 saturated heterocycles. The standard InChI is InChI=1S/C22H24N4O4S2/c1-5-10-26-18(12-30-16-8-6-14(2)7-9-16)24-25-22(26)31-13-19(27)23-20-17(21(28)29-4)11-15(3)32-20/h5-9,11H,1,10,12-13H2,2-4H3,(H,23,27). The first-order valence-electron chi connectivity index (χ1n) is 9.75. The van der Waals surface area contributed by atoms with Crippen molar-refractivity contribution in [3.05, 3.63) is 64.8 Å². The molecule has 0 radical (unpaired) electrons. The van der Waals surface area contributed by atoms with E-state index in [9.17, 15) is 9.59 Å². The smallest absolute Gasteiger partial charge is 0.340 e. The van der Waals surface area contributed by atoms with E-state index in [1.807, 2.05) is 42.7 Å². The topological polar surface area (TPSA) is 95.3 Å². The quantitative estimate of drug-likeness (QED) is 0.268. The van der Waals surface area contributed by atoms with Gasteiger partial charge in [-0.25, -0.2) is 4.79 Å². The van der Waals surface area contributed by atoms with Crippen LogP contribution in [-0.4, -0.2) is 39.5 Å². The summed E-state index contributed by atoms with van der Waals surface area (Å²) in [5, 5.41) is 12.2. The Labute approximate surface area is 194 Å². The summed E-state index contributed by atoms with van der Waals surface area (Å²) in [5.74, 6) is 0.736. The number of esters is 1. The van der Waals surface area contributed by atoms with Crippen molar-refractivity contribution in [1.29, 1.82) is 0 Å². The Morgan fingerprint density at radius 2 is 2.00 bits per heavy atom. The first-order valence-corrected chi connectivity index (χ1v) is 11.5. The molecule has 0 spiro atoms. The first-order chi connectivity index (χ1) is 15.4. The molecular formula is C22H24N4O4S2. The van der Waals surface area contributed by atoms with E-state index in [2.05, 4.69) is 22.1 Å². The highest BCUT2D eigenvalue weighted by atomic mass is 32.2. The van der Waals surface area contributed by atoms with Gasteiger partial charge in [0, 0.05) is 11.4 Å².